The van der Waals surface area contributed by atoms with Gasteiger partial charge in [-0.2, -0.15) is 5.11 Å². The van der Waals surface area contributed by atoms with E-state index in [1.54, 1.807) is 12.1 Å². The lowest BCUT2D eigenvalue weighted by Gasteiger charge is -2.17. The molecule has 0 aliphatic carbocycles. The summed E-state index contributed by atoms with van der Waals surface area (Å²) < 4.78 is 0. The summed E-state index contributed by atoms with van der Waals surface area (Å²) >= 11 is 0. The molecule has 1 atom stereocenters. The Morgan fingerprint density at radius 1 is 1.50 bits per heavy atom. The lowest BCUT2D eigenvalue weighted by Crippen LogP contribution is -2.38. The number of amides is 1. The lowest BCUT2D eigenvalue weighted by molar-refractivity contribution is -0.116. The van der Waals surface area contributed by atoms with Crippen LogP contribution in [-0.2, 0) is 4.79 Å². The van der Waals surface area contributed by atoms with E-state index in [4.69, 9.17) is 5.53 Å². The summed E-state index contributed by atoms with van der Waals surface area (Å²) in [5.74, 6) is -0.842. The zero-order valence-corrected chi connectivity index (χ0v) is 7.02. The maximum absolute atomic E-state index is 11.5. The molecule has 0 spiro atoms. The minimum Gasteiger partial charge on any atom is -0.308 e. The number of rotatable bonds is 1. The molecule has 1 aromatic rings. The second-order valence-corrected chi connectivity index (χ2v) is 2.78. The number of Topliss-reactive ketones (excluding diaryl/α,β-unsaturated/α-hetero) is 1. The van der Waals surface area contributed by atoms with Crippen LogP contribution in [0.3, 0.4) is 0 Å². The van der Waals surface area contributed by atoms with Gasteiger partial charge in [0, 0.05) is 6.20 Å². The molecule has 0 aromatic carbocycles. The molecule has 6 heteroatoms. The summed E-state index contributed by atoms with van der Waals surface area (Å²) in [6.07, 6.45) is 1.48. The molecule has 1 unspecified atom stereocenters. The van der Waals surface area contributed by atoms with Crippen LogP contribution in [0.25, 0.3) is 0 Å². The van der Waals surface area contributed by atoms with Gasteiger partial charge in [0.15, 0.2) is 0 Å². The van der Waals surface area contributed by atoms with Crippen LogP contribution in [0.5, 0.6) is 0 Å². The molecule has 6 nitrogen and oxygen atoms in total. The molecule has 0 radical (unpaired) electrons. The standard InChI is InChI=1S/C8H6N4O2/c9-12-5-6(13)4-2-1-3-10-7(4)11-8(5)14/h1-3,5,9H,(H,10,11,14). The van der Waals surface area contributed by atoms with Crippen molar-refractivity contribution in [2.24, 2.45) is 5.11 Å². The third-order valence-electron chi connectivity index (χ3n) is 1.94. The average Bonchev–Trinajstić information content (AvgIpc) is 2.18. The van der Waals surface area contributed by atoms with Gasteiger partial charge >= 0.3 is 0 Å². The number of carbonyl (C=O) groups excluding carboxylic acids is 2. The van der Waals surface area contributed by atoms with Gasteiger partial charge in [0.1, 0.15) is 5.82 Å². The van der Waals surface area contributed by atoms with Crippen molar-refractivity contribution >= 4 is 17.5 Å². The van der Waals surface area contributed by atoms with Gasteiger partial charge < -0.3 is 5.32 Å². The minimum atomic E-state index is -1.26. The van der Waals surface area contributed by atoms with E-state index in [2.05, 4.69) is 15.4 Å². The third-order valence-corrected chi connectivity index (χ3v) is 1.94. The van der Waals surface area contributed by atoms with E-state index in [9.17, 15) is 9.59 Å². The van der Waals surface area contributed by atoms with Crippen LogP contribution in [0.1, 0.15) is 10.4 Å². The van der Waals surface area contributed by atoms with Crippen molar-refractivity contribution in [1.82, 2.24) is 4.98 Å². The summed E-state index contributed by atoms with van der Waals surface area (Å²) in [5.41, 5.74) is 7.02. The van der Waals surface area contributed by atoms with Crippen molar-refractivity contribution < 1.29 is 9.59 Å². The van der Waals surface area contributed by atoms with Gasteiger partial charge in [-0.3, -0.25) is 9.59 Å². The summed E-state index contributed by atoms with van der Waals surface area (Å²) in [4.78, 5) is 26.6. The average molecular weight is 190 g/mol. The van der Waals surface area contributed by atoms with Crippen molar-refractivity contribution in [3.63, 3.8) is 0 Å². The Bertz CT molecular complexity index is 429. The second-order valence-electron chi connectivity index (χ2n) is 2.78. The van der Waals surface area contributed by atoms with Crippen molar-refractivity contribution in [3.8, 4) is 0 Å². The van der Waals surface area contributed by atoms with Crippen molar-refractivity contribution in [1.29, 1.82) is 5.53 Å². The predicted octanol–water partition coefficient (Wildman–Crippen LogP) is 0.616. The Hall–Kier alpha value is -2.11. The van der Waals surface area contributed by atoms with Gasteiger partial charge in [-0.05, 0) is 12.1 Å². The molecule has 1 aliphatic heterocycles. The first kappa shape index (κ1) is 8.49. The molecule has 1 aromatic heterocycles. The number of pyridine rings is 1. The highest BCUT2D eigenvalue weighted by Gasteiger charge is 2.34. The molecule has 0 saturated heterocycles. The quantitative estimate of drug-likeness (QED) is 0.501. The van der Waals surface area contributed by atoms with Gasteiger partial charge in [0.2, 0.25) is 11.8 Å². The summed E-state index contributed by atoms with van der Waals surface area (Å²) in [6, 6.07) is 1.88. The fourth-order valence-corrected chi connectivity index (χ4v) is 1.27. The second kappa shape index (κ2) is 2.99. The highest BCUT2D eigenvalue weighted by Crippen LogP contribution is 2.20. The number of fused-ring (bicyclic) bond motifs is 1. The first-order chi connectivity index (χ1) is 6.74. The van der Waals surface area contributed by atoms with E-state index in [-0.39, 0.29) is 5.82 Å². The van der Waals surface area contributed by atoms with Gasteiger partial charge in [-0.25, -0.2) is 10.5 Å². The fraction of sp³-hybridized carbons (Fsp3) is 0.125. The van der Waals surface area contributed by atoms with Crippen molar-refractivity contribution in [2.45, 2.75) is 6.04 Å². The van der Waals surface area contributed by atoms with Gasteiger partial charge in [-0.15, -0.1) is 0 Å². The number of hydrogen-bond donors (Lipinski definition) is 2. The largest absolute Gasteiger partial charge is 0.308 e. The number of anilines is 1. The molecule has 2 rings (SSSR count). The molecular formula is C8H6N4O2. The van der Waals surface area contributed by atoms with Gasteiger partial charge in [0.25, 0.3) is 5.91 Å². The van der Waals surface area contributed by atoms with Crippen LogP contribution in [0.4, 0.5) is 5.82 Å². The summed E-state index contributed by atoms with van der Waals surface area (Å²) in [7, 11) is 0. The molecule has 0 fully saturated rings. The Labute approximate surface area is 78.8 Å². The third kappa shape index (κ3) is 1.08. The predicted molar refractivity (Wildman–Crippen MR) is 46.1 cm³/mol. The Kier molecular flexibility index (Phi) is 1.81. The van der Waals surface area contributed by atoms with Crippen LogP contribution in [0, 0.1) is 5.53 Å². The number of nitrogens with one attached hydrogen (secondary N) is 2. The van der Waals surface area contributed by atoms with Crippen LogP contribution in [0.15, 0.2) is 23.4 Å². The van der Waals surface area contributed by atoms with Crippen LogP contribution >= 0.6 is 0 Å². The molecule has 0 saturated carbocycles. The maximum Gasteiger partial charge on any atom is 0.260 e. The molecule has 1 aliphatic rings. The maximum atomic E-state index is 11.5. The Morgan fingerprint density at radius 3 is 3.00 bits per heavy atom. The van der Waals surface area contributed by atoms with Crippen molar-refractivity contribution in [2.75, 3.05) is 5.32 Å². The van der Waals surface area contributed by atoms with E-state index in [0.29, 0.717) is 5.56 Å². The normalized spacial score (nSPS) is 19.9. The number of ketones is 1. The highest BCUT2D eigenvalue weighted by molar-refractivity contribution is 6.23. The monoisotopic (exact) mass is 190 g/mol. The zero-order chi connectivity index (χ0) is 10.1. The number of hydrogen-bond acceptors (Lipinski definition) is 5. The van der Waals surface area contributed by atoms with E-state index in [0.717, 1.165) is 0 Å². The number of aromatic nitrogens is 1. The van der Waals surface area contributed by atoms with Gasteiger partial charge in [0.05, 0.1) is 5.56 Å². The van der Waals surface area contributed by atoms with E-state index in [1.165, 1.54) is 6.20 Å². The number of carbonyl (C=O) groups is 2. The van der Waals surface area contributed by atoms with Crippen molar-refractivity contribution in [3.05, 3.63) is 23.9 Å². The number of nitrogens with zero attached hydrogens (tertiary/aromatic N) is 2. The zero-order valence-electron chi connectivity index (χ0n) is 7.02. The smallest absolute Gasteiger partial charge is 0.260 e. The Balaban J connectivity index is 2.54. The van der Waals surface area contributed by atoms with E-state index in [1.807, 2.05) is 0 Å². The van der Waals surface area contributed by atoms with Crippen LogP contribution in [-0.4, -0.2) is 22.7 Å². The molecule has 2 N–H and O–H groups in total. The molecule has 0 bridgehead atoms. The summed E-state index contributed by atoms with van der Waals surface area (Å²) in [6.45, 7) is 0. The minimum absolute atomic E-state index is 0.238. The van der Waals surface area contributed by atoms with Crippen LogP contribution < -0.4 is 5.32 Å². The molecule has 2 heterocycles. The summed E-state index contributed by atoms with van der Waals surface area (Å²) in [5, 5.41) is 5.38. The van der Waals surface area contributed by atoms with E-state index < -0.39 is 17.7 Å². The fourth-order valence-electron chi connectivity index (χ4n) is 1.27. The topological polar surface area (TPSA) is 95.3 Å². The first-order valence-electron chi connectivity index (χ1n) is 3.90. The lowest BCUT2D eigenvalue weighted by atomic mass is 10.0. The SMILES string of the molecule is N=NC1C(=O)Nc2ncccc2C1=O. The Morgan fingerprint density at radius 2 is 2.29 bits per heavy atom. The highest BCUT2D eigenvalue weighted by atomic mass is 16.2. The molecule has 70 valence electrons. The molecule has 1 amide bonds. The van der Waals surface area contributed by atoms with E-state index >= 15 is 0 Å². The molecular weight excluding hydrogens is 184 g/mol. The first-order valence-corrected chi connectivity index (χ1v) is 3.90. The molecule has 14 heavy (non-hydrogen) atoms. The van der Waals surface area contributed by atoms with Gasteiger partial charge in [-0.1, -0.05) is 0 Å². The van der Waals surface area contributed by atoms with Crippen LogP contribution in [0.2, 0.25) is 0 Å².